The molecule has 3 rings (SSSR count). The third kappa shape index (κ3) is 7.32. The van der Waals surface area contributed by atoms with Gasteiger partial charge >= 0.3 is 5.97 Å². The molecular weight excluding hydrogens is 440 g/mol. The fourth-order valence-corrected chi connectivity index (χ4v) is 5.58. The second kappa shape index (κ2) is 12.8. The summed E-state index contributed by atoms with van der Waals surface area (Å²) in [6.07, 6.45) is 11.0. The zero-order chi connectivity index (χ0) is 23.6. The summed E-state index contributed by atoms with van der Waals surface area (Å²) >= 11 is 1.78. The summed E-state index contributed by atoms with van der Waals surface area (Å²) in [5.74, 6) is -0.469. The van der Waals surface area contributed by atoms with Gasteiger partial charge in [0.1, 0.15) is 6.04 Å². The Morgan fingerprint density at radius 1 is 1.00 bits per heavy atom. The highest BCUT2D eigenvalue weighted by atomic mass is 32.2. The Morgan fingerprint density at radius 3 is 2.33 bits per heavy atom. The first-order valence-electron chi connectivity index (χ1n) is 12.1. The van der Waals surface area contributed by atoms with E-state index in [-0.39, 0.29) is 30.6 Å². The molecule has 0 aromatic heterocycles. The van der Waals surface area contributed by atoms with Crippen LogP contribution in [-0.4, -0.2) is 45.5 Å². The Bertz CT molecular complexity index is 872. The van der Waals surface area contributed by atoms with Gasteiger partial charge in [0.25, 0.3) is 5.91 Å². The normalized spacial score (nSPS) is 17.9. The number of benzene rings is 1. The first kappa shape index (κ1) is 25.3. The summed E-state index contributed by atoms with van der Waals surface area (Å²) < 4.78 is 0. The van der Waals surface area contributed by atoms with Gasteiger partial charge in [0.15, 0.2) is 0 Å². The second-order valence-electron chi connectivity index (χ2n) is 8.86. The van der Waals surface area contributed by atoms with E-state index in [1.807, 2.05) is 12.1 Å². The van der Waals surface area contributed by atoms with Gasteiger partial charge in [0, 0.05) is 29.8 Å². The van der Waals surface area contributed by atoms with Gasteiger partial charge in [-0.2, -0.15) is 0 Å². The number of unbranched alkanes of at least 4 members (excludes halogenated alkanes) is 8. The maximum Gasteiger partial charge on any atom is 0.303 e. The molecule has 0 aliphatic carbocycles. The maximum absolute atomic E-state index is 12.9. The molecule has 2 aliphatic heterocycles. The average Bonchev–Trinajstić information content (AvgIpc) is 3.11. The first-order valence-corrected chi connectivity index (χ1v) is 13.1. The molecule has 1 fully saturated rings. The highest BCUT2D eigenvalue weighted by Crippen LogP contribution is 2.34. The number of imide groups is 1. The first-order chi connectivity index (χ1) is 16.0. The standard InChI is InChI=1S/C25H34N2O5S/c28-22-15-14-20(24(31)26-22)27-17-19-18(25(27)32)11-10-12-21(19)33-16-9-7-5-3-1-2-4-6-8-13-23(29)30/h10-12,20H,1-9,13-17H2,(H,29,30)(H,26,28,31). The number of piperidine rings is 1. The minimum absolute atomic E-state index is 0.120. The second-order valence-corrected chi connectivity index (χ2v) is 9.99. The van der Waals surface area contributed by atoms with Crippen LogP contribution in [0.2, 0.25) is 0 Å². The number of amides is 3. The lowest BCUT2D eigenvalue weighted by molar-refractivity contribution is -0.138. The Morgan fingerprint density at radius 2 is 1.67 bits per heavy atom. The number of aliphatic carboxylic acids is 1. The minimum Gasteiger partial charge on any atom is -0.481 e. The quantitative estimate of drug-likeness (QED) is 0.233. The fourth-order valence-electron chi connectivity index (χ4n) is 4.49. The third-order valence-electron chi connectivity index (χ3n) is 6.33. The number of hydrogen-bond donors (Lipinski definition) is 2. The van der Waals surface area contributed by atoms with Crippen LogP contribution < -0.4 is 5.32 Å². The summed E-state index contributed by atoms with van der Waals surface area (Å²) in [6.45, 7) is 0.427. The van der Waals surface area contributed by atoms with Crippen LogP contribution in [0.25, 0.3) is 0 Å². The van der Waals surface area contributed by atoms with Gasteiger partial charge in [0.05, 0.1) is 0 Å². The van der Waals surface area contributed by atoms with Crippen molar-refractivity contribution in [3.8, 4) is 0 Å². The molecule has 2 aliphatic rings. The Kier molecular flexibility index (Phi) is 9.78. The number of fused-ring (bicyclic) bond motifs is 1. The smallest absolute Gasteiger partial charge is 0.303 e. The molecule has 7 nitrogen and oxygen atoms in total. The topological polar surface area (TPSA) is 104 Å². The van der Waals surface area contributed by atoms with Crippen molar-refractivity contribution in [2.75, 3.05) is 5.75 Å². The van der Waals surface area contributed by atoms with Gasteiger partial charge in [-0.25, -0.2) is 0 Å². The summed E-state index contributed by atoms with van der Waals surface area (Å²) in [5.41, 5.74) is 1.67. The van der Waals surface area contributed by atoms with E-state index in [0.29, 0.717) is 18.5 Å². The van der Waals surface area contributed by atoms with Gasteiger partial charge in [-0.3, -0.25) is 24.5 Å². The summed E-state index contributed by atoms with van der Waals surface area (Å²) in [4.78, 5) is 49.8. The number of carboxylic acids is 1. The maximum atomic E-state index is 12.9. The van der Waals surface area contributed by atoms with Crippen molar-refractivity contribution in [3.05, 3.63) is 29.3 Å². The monoisotopic (exact) mass is 474 g/mol. The van der Waals surface area contributed by atoms with Crippen molar-refractivity contribution >= 4 is 35.5 Å². The Hall–Kier alpha value is -2.35. The molecule has 1 aromatic carbocycles. The molecule has 0 radical (unpaired) electrons. The molecule has 0 saturated carbocycles. The van der Waals surface area contributed by atoms with Crippen molar-refractivity contribution in [2.24, 2.45) is 0 Å². The molecule has 8 heteroatoms. The SMILES string of the molecule is O=C(O)CCCCCCCCCCCSc1cccc2c1CN(C1CCC(=O)NC1=O)C2=O. The van der Waals surface area contributed by atoms with Crippen LogP contribution >= 0.6 is 11.8 Å². The third-order valence-corrected chi connectivity index (χ3v) is 7.52. The van der Waals surface area contributed by atoms with Crippen LogP contribution in [0.4, 0.5) is 0 Å². The van der Waals surface area contributed by atoms with Crippen molar-refractivity contribution in [2.45, 2.75) is 94.5 Å². The van der Waals surface area contributed by atoms with Gasteiger partial charge in [-0.1, -0.05) is 51.0 Å². The Labute approximate surface area is 199 Å². The van der Waals surface area contributed by atoms with E-state index in [9.17, 15) is 19.2 Å². The average molecular weight is 475 g/mol. The number of hydrogen-bond acceptors (Lipinski definition) is 5. The molecular formula is C25H34N2O5S. The van der Waals surface area contributed by atoms with Crippen LogP contribution in [0.3, 0.4) is 0 Å². The molecule has 1 saturated heterocycles. The number of nitrogens with one attached hydrogen (secondary N) is 1. The van der Waals surface area contributed by atoms with E-state index in [4.69, 9.17) is 5.11 Å². The van der Waals surface area contributed by atoms with Crippen LogP contribution in [0.5, 0.6) is 0 Å². The fraction of sp³-hybridized carbons (Fsp3) is 0.600. The van der Waals surface area contributed by atoms with Crippen LogP contribution in [0, 0.1) is 0 Å². The molecule has 180 valence electrons. The largest absolute Gasteiger partial charge is 0.481 e. The van der Waals surface area contributed by atoms with Crippen LogP contribution in [0.15, 0.2) is 23.1 Å². The van der Waals surface area contributed by atoms with E-state index in [1.165, 1.54) is 32.1 Å². The number of carbonyl (C=O) groups is 4. The van der Waals surface area contributed by atoms with E-state index in [2.05, 4.69) is 11.4 Å². The van der Waals surface area contributed by atoms with Crippen molar-refractivity contribution in [1.82, 2.24) is 10.2 Å². The van der Waals surface area contributed by atoms with Gasteiger partial charge in [-0.15, -0.1) is 11.8 Å². The van der Waals surface area contributed by atoms with Gasteiger partial charge < -0.3 is 10.0 Å². The molecule has 1 unspecified atom stereocenters. The molecule has 2 heterocycles. The van der Waals surface area contributed by atoms with Crippen molar-refractivity contribution < 1.29 is 24.3 Å². The van der Waals surface area contributed by atoms with Crippen molar-refractivity contribution in [1.29, 1.82) is 0 Å². The summed E-state index contributed by atoms with van der Waals surface area (Å²) in [6, 6.07) is 5.21. The zero-order valence-corrected chi connectivity index (χ0v) is 20.0. The number of rotatable bonds is 14. The van der Waals surface area contributed by atoms with E-state index in [0.717, 1.165) is 41.9 Å². The van der Waals surface area contributed by atoms with Crippen molar-refractivity contribution in [3.63, 3.8) is 0 Å². The lowest BCUT2D eigenvalue weighted by atomic mass is 10.0. The molecule has 3 amide bonds. The van der Waals surface area contributed by atoms with E-state index < -0.39 is 12.0 Å². The molecule has 1 atom stereocenters. The predicted molar refractivity (Wildman–Crippen MR) is 127 cm³/mol. The lowest BCUT2D eigenvalue weighted by Crippen LogP contribution is -2.52. The van der Waals surface area contributed by atoms with Crippen LogP contribution in [0.1, 0.15) is 93.0 Å². The molecule has 0 bridgehead atoms. The van der Waals surface area contributed by atoms with Crippen LogP contribution in [-0.2, 0) is 20.9 Å². The zero-order valence-electron chi connectivity index (χ0n) is 19.1. The summed E-state index contributed by atoms with van der Waals surface area (Å²) in [5, 5.41) is 11.0. The van der Waals surface area contributed by atoms with Gasteiger partial charge in [0.2, 0.25) is 11.8 Å². The molecule has 33 heavy (non-hydrogen) atoms. The number of nitrogens with zero attached hydrogens (tertiary/aromatic N) is 1. The highest BCUT2D eigenvalue weighted by molar-refractivity contribution is 7.99. The predicted octanol–water partition coefficient (Wildman–Crippen LogP) is 4.53. The molecule has 1 aromatic rings. The van der Waals surface area contributed by atoms with Gasteiger partial charge in [-0.05, 0) is 42.7 Å². The molecule has 0 spiro atoms. The number of thioether (sulfide) groups is 1. The Balaban J connectivity index is 1.34. The van der Waals surface area contributed by atoms with E-state index >= 15 is 0 Å². The number of carbonyl (C=O) groups excluding carboxylic acids is 3. The van der Waals surface area contributed by atoms with E-state index in [1.54, 1.807) is 16.7 Å². The minimum atomic E-state index is -0.702. The molecule has 2 N–H and O–H groups in total. The highest BCUT2D eigenvalue weighted by Gasteiger charge is 2.39. The number of carboxylic acid groups (broad SMARTS) is 1. The lowest BCUT2D eigenvalue weighted by Gasteiger charge is -2.29. The summed E-state index contributed by atoms with van der Waals surface area (Å²) in [7, 11) is 0.